The Morgan fingerprint density at radius 3 is 2.40 bits per heavy atom. The molecule has 0 radical (unpaired) electrons. The maximum atomic E-state index is 8.66. The Morgan fingerprint density at radius 1 is 1.30 bits per heavy atom. The Balaban J connectivity index is 2.75. The smallest absolute Gasteiger partial charge is 0.0816 e. The summed E-state index contributed by atoms with van der Waals surface area (Å²) in [7, 11) is 0. The fourth-order valence-corrected chi connectivity index (χ4v) is 0.913. The molecule has 1 rings (SSSR count). The molecule has 0 aliphatic rings. The molecule has 0 unspecified atom stereocenters. The second kappa shape index (κ2) is 3.59. The summed E-state index contributed by atoms with van der Waals surface area (Å²) in [6.07, 6.45) is 0. The van der Waals surface area contributed by atoms with Gasteiger partial charge in [-0.2, -0.15) is 0 Å². The second-order valence-electron chi connectivity index (χ2n) is 2.06. The molecule has 0 heterocycles. The van der Waals surface area contributed by atoms with Crippen molar-refractivity contribution in [2.75, 3.05) is 6.61 Å². The zero-order chi connectivity index (χ0) is 7.40. The van der Waals surface area contributed by atoms with Crippen LogP contribution in [0.5, 0.6) is 0 Å². The summed E-state index contributed by atoms with van der Waals surface area (Å²) in [6, 6.07) is 9.52. The van der Waals surface area contributed by atoms with E-state index in [0.717, 1.165) is 5.56 Å². The molecule has 0 saturated carbocycles. The molecular weight excluding hydrogens is 148 g/mol. The summed E-state index contributed by atoms with van der Waals surface area (Å²) in [5.74, 6) is 0. The molecule has 0 fully saturated rings. The van der Waals surface area contributed by atoms with Crippen LogP contribution in [0.3, 0.4) is 0 Å². The Hall–Kier alpha value is -0.530. The van der Waals surface area contributed by atoms with E-state index in [0.29, 0.717) is 0 Å². The maximum Gasteiger partial charge on any atom is 0.0816 e. The monoisotopic (exact) mass is 156 g/mol. The quantitative estimate of drug-likeness (QED) is 0.649. The minimum atomic E-state index is -0.263. The Kier molecular flexibility index (Phi) is 2.72. The van der Waals surface area contributed by atoms with Gasteiger partial charge >= 0.3 is 0 Å². The zero-order valence-electron chi connectivity index (χ0n) is 5.50. The van der Waals surface area contributed by atoms with E-state index in [1.165, 1.54) is 0 Å². The predicted octanol–water partition coefficient (Wildman–Crippen LogP) is 1.96. The molecule has 1 nitrogen and oxygen atoms in total. The second-order valence-corrected chi connectivity index (χ2v) is 2.59. The lowest BCUT2D eigenvalue weighted by atomic mass is 10.2. The molecule has 0 aliphatic heterocycles. The third-order valence-corrected chi connectivity index (χ3v) is 1.71. The Morgan fingerprint density at radius 2 is 1.90 bits per heavy atom. The highest BCUT2D eigenvalue weighted by Gasteiger charge is 2.02. The fraction of sp³-hybridized carbons (Fsp3) is 0.250. The van der Waals surface area contributed by atoms with Gasteiger partial charge in [0.1, 0.15) is 0 Å². The maximum absolute atomic E-state index is 8.66. The van der Waals surface area contributed by atoms with Gasteiger partial charge in [-0.1, -0.05) is 30.3 Å². The minimum Gasteiger partial charge on any atom is -0.394 e. The van der Waals surface area contributed by atoms with Gasteiger partial charge in [-0.15, -0.1) is 11.6 Å². The van der Waals surface area contributed by atoms with Crippen LogP contribution in [-0.4, -0.2) is 11.7 Å². The molecule has 0 aromatic heterocycles. The molecule has 0 aliphatic carbocycles. The van der Waals surface area contributed by atoms with E-state index in [1.54, 1.807) is 0 Å². The molecule has 1 N–H and O–H groups in total. The Bertz CT molecular complexity index is 186. The lowest BCUT2D eigenvalue weighted by Crippen LogP contribution is -1.94. The standard InChI is InChI=1S/C8H9ClO/c9-8(6-10)7-4-2-1-3-5-7/h1-5,8,10H,6H2/t8-/m0/s1. The van der Waals surface area contributed by atoms with Crippen molar-refractivity contribution in [3.05, 3.63) is 35.9 Å². The van der Waals surface area contributed by atoms with Crippen LogP contribution < -0.4 is 0 Å². The van der Waals surface area contributed by atoms with Crippen LogP contribution in [0.25, 0.3) is 0 Å². The number of aliphatic hydroxyl groups is 1. The van der Waals surface area contributed by atoms with Crippen molar-refractivity contribution < 1.29 is 5.11 Å². The highest BCUT2D eigenvalue weighted by atomic mass is 35.5. The lowest BCUT2D eigenvalue weighted by molar-refractivity contribution is 0.294. The van der Waals surface area contributed by atoms with Crippen LogP contribution in [0.15, 0.2) is 30.3 Å². The van der Waals surface area contributed by atoms with Gasteiger partial charge in [-0.25, -0.2) is 0 Å². The number of benzene rings is 1. The molecule has 1 aromatic rings. The third-order valence-electron chi connectivity index (χ3n) is 1.32. The molecular formula is C8H9ClO. The zero-order valence-corrected chi connectivity index (χ0v) is 6.25. The van der Waals surface area contributed by atoms with E-state index in [9.17, 15) is 0 Å². The van der Waals surface area contributed by atoms with Crippen molar-refractivity contribution in [2.45, 2.75) is 5.38 Å². The average Bonchev–Trinajstić information content (AvgIpc) is 2.05. The number of rotatable bonds is 2. The average molecular weight is 157 g/mol. The van der Waals surface area contributed by atoms with Crippen molar-refractivity contribution in [1.82, 2.24) is 0 Å². The molecule has 0 spiro atoms. The summed E-state index contributed by atoms with van der Waals surface area (Å²) in [5, 5.41) is 8.39. The van der Waals surface area contributed by atoms with Gasteiger partial charge in [0.05, 0.1) is 12.0 Å². The molecule has 0 bridgehead atoms. The van der Waals surface area contributed by atoms with Gasteiger partial charge in [0.25, 0.3) is 0 Å². The molecule has 0 amide bonds. The van der Waals surface area contributed by atoms with Crippen LogP contribution in [0.2, 0.25) is 0 Å². The van der Waals surface area contributed by atoms with E-state index in [1.807, 2.05) is 30.3 Å². The van der Waals surface area contributed by atoms with E-state index >= 15 is 0 Å². The molecule has 1 aromatic carbocycles. The van der Waals surface area contributed by atoms with Crippen molar-refractivity contribution in [2.24, 2.45) is 0 Å². The largest absolute Gasteiger partial charge is 0.394 e. The number of hydrogen-bond donors (Lipinski definition) is 1. The summed E-state index contributed by atoms with van der Waals surface area (Å²) in [4.78, 5) is 0. The van der Waals surface area contributed by atoms with E-state index < -0.39 is 0 Å². The predicted molar refractivity (Wildman–Crippen MR) is 42.1 cm³/mol. The number of aliphatic hydroxyl groups excluding tert-OH is 1. The topological polar surface area (TPSA) is 20.2 Å². The minimum absolute atomic E-state index is 0.00836. The Labute approximate surface area is 65.3 Å². The fourth-order valence-electron chi connectivity index (χ4n) is 0.767. The first-order valence-corrected chi connectivity index (χ1v) is 3.58. The van der Waals surface area contributed by atoms with Crippen LogP contribution in [0.1, 0.15) is 10.9 Å². The first kappa shape index (κ1) is 7.58. The van der Waals surface area contributed by atoms with E-state index in [4.69, 9.17) is 16.7 Å². The van der Waals surface area contributed by atoms with E-state index in [-0.39, 0.29) is 12.0 Å². The first-order chi connectivity index (χ1) is 4.84. The van der Waals surface area contributed by atoms with Gasteiger partial charge < -0.3 is 5.11 Å². The van der Waals surface area contributed by atoms with Crippen molar-refractivity contribution >= 4 is 11.6 Å². The van der Waals surface area contributed by atoms with E-state index in [2.05, 4.69) is 0 Å². The number of alkyl halides is 1. The SMILES string of the molecule is OC[C@H](Cl)c1ccccc1. The highest BCUT2D eigenvalue weighted by Crippen LogP contribution is 2.17. The summed E-state index contributed by atoms with van der Waals surface area (Å²) < 4.78 is 0. The van der Waals surface area contributed by atoms with Gasteiger partial charge in [-0.05, 0) is 5.56 Å². The van der Waals surface area contributed by atoms with Gasteiger partial charge in [-0.3, -0.25) is 0 Å². The van der Waals surface area contributed by atoms with Crippen molar-refractivity contribution in [1.29, 1.82) is 0 Å². The number of halogens is 1. The van der Waals surface area contributed by atoms with Crippen molar-refractivity contribution in [3.8, 4) is 0 Å². The van der Waals surface area contributed by atoms with Crippen molar-refractivity contribution in [3.63, 3.8) is 0 Å². The normalized spacial score (nSPS) is 13.0. The lowest BCUT2D eigenvalue weighted by Gasteiger charge is -2.03. The number of hydrogen-bond acceptors (Lipinski definition) is 1. The van der Waals surface area contributed by atoms with Crippen LogP contribution in [0.4, 0.5) is 0 Å². The molecule has 2 heteroatoms. The van der Waals surface area contributed by atoms with Gasteiger partial charge in [0.2, 0.25) is 0 Å². The molecule has 0 saturated heterocycles. The van der Waals surface area contributed by atoms with Crippen LogP contribution in [-0.2, 0) is 0 Å². The third kappa shape index (κ3) is 1.72. The van der Waals surface area contributed by atoms with Gasteiger partial charge in [0.15, 0.2) is 0 Å². The first-order valence-electron chi connectivity index (χ1n) is 3.14. The van der Waals surface area contributed by atoms with Crippen LogP contribution >= 0.6 is 11.6 Å². The summed E-state index contributed by atoms with van der Waals surface area (Å²) in [5.41, 5.74) is 0.965. The summed E-state index contributed by atoms with van der Waals surface area (Å²) in [6.45, 7) is -0.00836. The molecule has 54 valence electrons. The molecule has 1 atom stereocenters. The molecule has 10 heavy (non-hydrogen) atoms. The van der Waals surface area contributed by atoms with Crippen LogP contribution in [0, 0.1) is 0 Å². The summed E-state index contributed by atoms with van der Waals surface area (Å²) >= 11 is 5.74. The van der Waals surface area contributed by atoms with Gasteiger partial charge in [0, 0.05) is 0 Å². The highest BCUT2D eigenvalue weighted by molar-refractivity contribution is 6.20.